The number of thiazole rings is 1. The van der Waals surface area contributed by atoms with Gasteiger partial charge in [0.1, 0.15) is 5.01 Å². The summed E-state index contributed by atoms with van der Waals surface area (Å²) in [6.45, 7) is 4.95. The van der Waals surface area contributed by atoms with Crippen LogP contribution >= 0.6 is 11.3 Å². The third-order valence-electron chi connectivity index (χ3n) is 3.13. The fraction of sp³-hybridized carbons (Fsp3) is 0.176. The molecule has 0 saturated heterocycles. The highest BCUT2D eigenvalue weighted by molar-refractivity contribution is 7.13. The van der Waals surface area contributed by atoms with Crippen molar-refractivity contribution in [2.45, 2.75) is 20.4 Å². The van der Waals surface area contributed by atoms with E-state index in [0.29, 0.717) is 0 Å². The molecule has 0 aliphatic rings. The van der Waals surface area contributed by atoms with Crippen LogP contribution in [-0.4, -0.2) is 9.97 Å². The maximum Gasteiger partial charge on any atom is 0.142 e. The Bertz CT molecular complexity index is 715. The minimum absolute atomic E-state index is 0.728. The summed E-state index contributed by atoms with van der Waals surface area (Å²) >= 11 is 1.63. The number of hydrogen-bond acceptors (Lipinski definition) is 4. The van der Waals surface area contributed by atoms with E-state index in [9.17, 15) is 0 Å². The van der Waals surface area contributed by atoms with Crippen molar-refractivity contribution in [3.8, 4) is 10.7 Å². The molecule has 21 heavy (non-hydrogen) atoms. The van der Waals surface area contributed by atoms with Gasteiger partial charge in [-0.25, -0.2) is 4.98 Å². The van der Waals surface area contributed by atoms with Gasteiger partial charge in [-0.2, -0.15) is 0 Å². The van der Waals surface area contributed by atoms with Gasteiger partial charge in [0.05, 0.1) is 17.9 Å². The van der Waals surface area contributed by atoms with E-state index in [1.165, 1.54) is 11.1 Å². The minimum atomic E-state index is 0.728. The quantitative estimate of drug-likeness (QED) is 0.773. The number of hydrogen-bond donors (Lipinski definition) is 1. The number of nitrogens with one attached hydrogen (secondary N) is 1. The van der Waals surface area contributed by atoms with Crippen molar-refractivity contribution in [3.63, 3.8) is 0 Å². The Balaban J connectivity index is 1.70. The average Bonchev–Trinajstić information content (AvgIpc) is 2.94. The topological polar surface area (TPSA) is 37.8 Å². The second-order valence-electron chi connectivity index (χ2n) is 5.09. The fourth-order valence-corrected chi connectivity index (χ4v) is 3.06. The van der Waals surface area contributed by atoms with E-state index in [1.54, 1.807) is 17.5 Å². The van der Waals surface area contributed by atoms with Gasteiger partial charge in [-0.15, -0.1) is 11.3 Å². The molecular formula is C17H17N3S. The SMILES string of the molecule is Cc1cc(C)cc(NCc2csc(-c3ccccn3)n2)c1. The Kier molecular flexibility index (Phi) is 3.97. The molecule has 0 aliphatic carbocycles. The van der Waals surface area contributed by atoms with Crippen LogP contribution < -0.4 is 5.32 Å². The van der Waals surface area contributed by atoms with Crippen molar-refractivity contribution in [2.75, 3.05) is 5.32 Å². The van der Waals surface area contributed by atoms with Crippen LogP contribution in [0.1, 0.15) is 16.8 Å². The van der Waals surface area contributed by atoms with Crippen LogP contribution in [-0.2, 0) is 6.54 Å². The van der Waals surface area contributed by atoms with Crippen LogP contribution in [0.5, 0.6) is 0 Å². The lowest BCUT2D eigenvalue weighted by Gasteiger charge is -2.07. The van der Waals surface area contributed by atoms with Crippen molar-refractivity contribution in [2.24, 2.45) is 0 Å². The molecule has 0 bridgehead atoms. The van der Waals surface area contributed by atoms with E-state index >= 15 is 0 Å². The molecule has 2 heterocycles. The Hall–Kier alpha value is -2.20. The van der Waals surface area contributed by atoms with Crippen LogP contribution in [0.2, 0.25) is 0 Å². The second kappa shape index (κ2) is 6.06. The molecule has 4 heteroatoms. The van der Waals surface area contributed by atoms with Gasteiger partial charge in [0.2, 0.25) is 0 Å². The average molecular weight is 295 g/mol. The molecule has 3 nitrogen and oxygen atoms in total. The third kappa shape index (κ3) is 3.47. The van der Waals surface area contributed by atoms with Gasteiger partial charge in [0, 0.05) is 17.3 Å². The summed E-state index contributed by atoms with van der Waals surface area (Å²) in [7, 11) is 0. The van der Waals surface area contributed by atoms with Crippen LogP contribution in [0, 0.1) is 13.8 Å². The van der Waals surface area contributed by atoms with Crippen molar-refractivity contribution >= 4 is 17.0 Å². The summed E-state index contributed by atoms with van der Waals surface area (Å²) in [6.07, 6.45) is 1.80. The van der Waals surface area contributed by atoms with Gasteiger partial charge in [-0.1, -0.05) is 12.1 Å². The highest BCUT2D eigenvalue weighted by Crippen LogP contribution is 2.22. The summed E-state index contributed by atoms with van der Waals surface area (Å²) in [5.74, 6) is 0. The lowest BCUT2D eigenvalue weighted by molar-refractivity contribution is 1.07. The van der Waals surface area contributed by atoms with Crippen LogP contribution in [0.3, 0.4) is 0 Å². The molecule has 106 valence electrons. The lowest BCUT2D eigenvalue weighted by Crippen LogP contribution is -2.00. The summed E-state index contributed by atoms with van der Waals surface area (Å²) in [6, 6.07) is 12.4. The van der Waals surface area contributed by atoms with E-state index in [1.807, 2.05) is 18.2 Å². The van der Waals surface area contributed by atoms with Gasteiger partial charge in [-0.3, -0.25) is 4.98 Å². The molecule has 2 aromatic heterocycles. The zero-order chi connectivity index (χ0) is 14.7. The van der Waals surface area contributed by atoms with E-state index in [2.05, 4.69) is 52.7 Å². The molecule has 0 saturated carbocycles. The Morgan fingerprint density at radius 2 is 1.90 bits per heavy atom. The molecule has 0 unspecified atom stereocenters. The number of anilines is 1. The normalized spacial score (nSPS) is 10.6. The third-order valence-corrected chi connectivity index (χ3v) is 4.04. The molecule has 0 radical (unpaired) electrons. The number of aryl methyl sites for hydroxylation is 2. The van der Waals surface area contributed by atoms with Gasteiger partial charge in [0.15, 0.2) is 0 Å². The molecule has 0 spiro atoms. The Labute approximate surface area is 128 Å². The first-order valence-corrected chi connectivity index (χ1v) is 7.77. The predicted molar refractivity (Wildman–Crippen MR) is 88.6 cm³/mol. The lowest BCUT2D eigenvalue weighted by atomic mass is 10.1. The summed E-state index contributed by atoms with van der Waals surface area (Å²) < 4.78 is 0. The molecular weight excluding hydrogens is 278 g/mol. The highest BCUT2D eigenvalue weighted by Gasteiger charge is 2.05. The number of nitrogens with zero attached hydrogens (tertiary/aromatic N) is 2. The maximum absolute atomic E-state index is 4.63. The number of rotatable bonds is 4. The van der Waals surface area contributed by atoms with E-state index in [-0.39, 0.29) is 0 Å². The zero-order valence-electron chi connectivity index (χ0n) is 12.1. The van der Waals surface area contributed by atoms with Crippen LogP contribution in [0.15, 0.2) is 48.0 Å². The molecule has 0 atom stereocenters. The largest absolute Gasteiger partial charge is 0.379 e. The molecule has 3 aromatic rings. The Morgan fingerprint density at radius 1 is 1.10 bits per heavy atom. The van der Waals surface area contributed by atoms with Crippen molar-refractivity contribution in [3.05, 3.63) is 64.8 Å². The summed E-state index contributed by atoms with van der Waals surface area (Å²) in [5, 5.41) is 6.48. The summed E-state index contributed by atoms with van der Waals surface area (Å²) in [5.41, 5.74) is 5.65. The first kappa shape index (κ1) is 13.8. The van der Waals surface area contributed by atoms with Gasteiger partial charge in [0.25, 0.3) is 0 Å². The Morgan fingerprint density at radius 3 is 2.62 bits per heavy atom. The smallest absolute Gasteiger partial charge is 0.142 e. The summed E-state index contributed by atoms with van der Waals surface area (Å²) in [4.78, 5) is 8.97. The molecule has 1 aromatic carbocycles. The molecule has 0 aliphatic heterocycles. The van der Waals surface area contributed by atoms with Crippen LogP contribution in [0.25, 0.3) is 10.7 Å². The highest BCUT2D eigenvalue weighted by atomic mass is 32.1. The zero-order valence-corrected chi connectivity index (χ0v) is 12.9. The van der Waals surface area contributed by atoms with Crippen molar-refractivity contribution in [1.29, 1.82) is 0 Å². The van der Waals surface area contributed by atoms with E-state index in [4.69, 9.17) is 0 Å². The molecule has 0 amide bonds. The second-order valence-corrected chi connectivity index (χ2v) is 5.95. The molecule has 0 fully saturated rings. The number of benzene rings is 1. The monoisotopic (exact) mass is 295 g/mol. The fourth-order valence-electron chi connectivity index (χ4n) is 2.26. The van der Waals surface area contributed by atoms with Gasteiger partial charge in [-0.05, 0) is 49.2 Å². The van der Waals surface area contributed by atoms with Gasteiger partial charge >= 0.3 is 0 Å². The van der Waals surface area contributed by atoms with Crippen molar-refractivity contribution in [1.82, 2.24) is 9.97 Å². The van der Waals surface area contributed by atoms with Gasteiger partial charge < -0.3 is 5.32 Å². The minimum Gasteiger partial charge on any atom is -0.379 e. The predicted octanol–water partition coefficient (Wildman–Crippen LogP) is 4.43. The standard InChI is InChI=1S/C17H17N3S/c1-12-7-13(2)9-14(8-12)19-10-15-11-21-17(20-15)16-5-3-4-6-18-16/h3-9,11,19H,10H2,1-2H3. The van der Waals surface area contributed by atoms with Crippen molar-refractivity contribution < 1.29 is 0 Å². The van der Waals surface area contributed by atoms with E-state index in [0.717, 1.165) is 28.6 Å². The van der Waals surface area contributed by atoms with E-state index < -0.39 is 0 Å². The van der Waals surface area contributed by atoms with Crippen LogP contribution in [0.4, 0.5) is 5.69 Å². The number of aromatic nitrogens is 2. The molecule has 1 N–H and O–H groups in total. The first-order valence-electron chi connectivity index (χ1n) is 6.89. The number of pyridine rings is 1. The molecule has 3 rings (SSSR count). The first-order chi connectivity index (χ1) is 10.2. The maximum atomic E-state index is 4.63.